The van der Waals surface area contributed by atoms with Crippen LogP contribution >= 0.6 is 0 Å². The Morgan fingerprint density at radius 2 is 1.41 bits per heavy atom. The van der Waals surface area contributed by atoms with E-state index in [0.717, 1.165) is 5.69 Å². The number of carbonyl (C=O) groups excluding carboxylic acids is 1. The molecule has 0 aliphatic heterocycles. The lowest BCUT2D eigenvalue weighted by Gasteiger charge is -2.14. The fraction of sp³-hybridized carbons (Fsp3) is 0.190. The molecule has 2 aromatic carbocycles. The lowest BCUT2D eigenvalue weighted by atomic mass is 10.1. The minimum atomic E-state index is -0.377. The van der Waals surface area contributed by atoms with Crippen LogP contribution in [0.15, 0.2) is 48.5 Å². The van der Waals surface area contributed by atoms with Crippen molar-refractivity contribution in [3.8, 4) is 17.2 Å². The molecule has 8 heteroatoms. The summed E-state index contributed by atoms with van der Waals surface area (Å²) in [6.07, 6.45) is 0. The maximum absolute atomic E-state index is 12.6. The molecule has 150 valence electrons. The summed E-state index contributed by atoms with van der Waals surface area (Å²) in [5, 5.41) is 14.0. The smallest absolute Gasteiger partial charge is 0.257 e. The maximum Gasteiger partial charge on any atom is 0.257 e. The number of hydrogen-bond acceptors (Lipinski definition) is 7. The second-order valence-electron chi connectivity index (χ2n) is 6.16. The fourth-order valence-electron chi connectivity index (χ4n) is 2.65. The van der Waals surface area contributed by atoms with Gasteiger partial charge in [-0.1, -0.05) is 17.7 Å². The molecule has 1 amide bonds. The third kappa shape index (κ3) is 4.73. The van der Waals surface area contributed by atoms with Crippen LogP contribution in [0.1, 0.15) is 15.9 Å². The Labute approximate surface area is 168 Å². The molecule has 0 spiro atoms. The number of nitrogens with zero attached hydrogens (tertiary/aromatic N) is 2. The van der Waals surface area contributed by atoms with Crippen LogP contribution in [-0.2, 0) is 0 Å². The topological polar surface area (TPSA) is 94.6 Å². The monoisotopic (exact) mass is 394 g/mol. The highest BCUT2D eigenvalue weighted by Gasteiger charge is 2.17. The molecule has 0 unspecified atom stereocenters. The molecule has 0 aliphatic carbocycles. The van der Waals surface area contributed by atoms with Gasteiger partial charge in [-0.3, -0.25) is 4.79 Å². The van der Waals surface area contributed by atoms with E-state index in [4.69, 9.17) is 14.2 Å². The molecule has 1 aromatic heterocycles. The number of hydrogen-bond donors (Lipinski definition) is 2. The summed E-state index contributed by atoms with van der Waals surface area (Å²) in [5.74, 6) is 1.70. The van der Waals surface area contributed by atoms with Gasteiger partial charge in [0.25, 0.3) is 5.91 Å². The highest BCUT2D eigenvalue weighted by atomic mass is 16.5. The highest BCUT2D eigenvalue weighted by molar-refractivity contribution is 6.04. The number of amides is 1. The number of rotatable bonds is 7. The minimum Gasteiger partial charge on any atom is -0.493 e. The summed E-state index contributed by atoms with van der Waals surface area (Å²) in [4.78, 5) is 12.6. The van der Waals surface area contributed by atoms with Crippen molar-refractivity contribution in [3.05, 3.63) is 59.7 Å². The van der Waals surface area contributed by atoms with E-state index in [-0.39, 0.29) is 5.91 Å². The number of carbonyl (C=O) groups is 1. The van der Waals surface area contributed by atoms with Gasteiger partial charge in [0, 0.05) is 11.3 Å². The molecule has 0 saturated carbocycles. The van der Waals surface area contributed by atoms with Crippen molar-refractivity contribution < 1.29 is 19.0 Å². The van der Waals surface area contributed by atoms with Crippen LogP contribution in [0.3, 0.4) is 0 Å². The third-order valence-corrected chi connectivity index (χ3v) is 4.16. The first-order valence-electron chi connectivity index (χ1n) is 8.83. The lowest BCUT2D eigenvalue weighted by molar-refractivity contribution is 0.102. The molecule has 29 heavy (non-hydrogen) atoms. The largest absolute Gasteiger partial charge is 0.493 e. The molecule has 0 radical (unpaired) electrons. The zero-order valence-corrected chi connectivity index (χ0v) is 16.6. The van der Waals surface area contributed by atoms with Gasteiger partial charge in [-0.15, -0.1) is 10.2 Å². The molecule has 8 nitrogen and oxygen atoms in total. The van der Waals surface area contributed by atoms with Crippen molar-refractivity contribution >= 4 is 23.2 Å². The summed E-state index contributed by atoms with van der Waals surface area (Å²) in [7, 11) is 4.48. The number of aromatic nitrogens is 2. The number of aryl methyl sites for hydroxylation is 1. The van der Waals surface area contributed by atoms with Gasteiger partial charge in [-0.25, -0.2) is 0 Å². The fourth-order valence-corrected chi connectivity index (χ4v) is 2.65. The number of methoxy groups -OCH3 is 3. The predicted molar refractivity (Wildman–Crippen MR) is 111 cm³/mol. The molecule has 0 fully saturated rings. The van der Waals surface area contributed by atoms with Gasteiger partial charge in [0.1, 0.15) is 0 Å². The van der Waals surface area contributed by atoms with E-state index in [0.29, 0.717) is 34.4 Å². The quantitative estimate of drug-likeness (QED) is 0.629. The second kappa shape index (κ2) is 8.92. The number of nitrogens with one attached hydrogen (secondary N) is 2. The Kier molecular flexibility index (Phi) is 6.13. The van der Waals surface area contributed by atoms with Gasteiger partial charge in [0.2, 0.25) is 5.75 Å². The SMILES string of the molecule is COc1cc(C(=O)Nc2ccc(Nc3ccc(C)cc3)nn2)cc(OC)c1OC. The summed E-state index contributed by atoms with van der Waals surface area (Å²) in [6.45, 7) is 2.02. The lowest BCUT2D eigenvalue weighted by Crippen LogP contribution is -2.14. The van der Waals surface area contributed by atoms with Crippen LogP contribution in [0, 0.1) is 6.92 Å². The van der Waals surface area contributed by atoms with Crippen LogP contribution in [0.4, 0.5) is 17.3 Å². The molecule has 2 N–H and O–H groups in total. The molecule has 0 saturated heterocycles. The molecule has 3 aromatic rings. The van der Waals surface area contributed by atoms with Gasteiger partial charge in [-0.2, -0.15) is 0 Å². The van der Waals surface area contributed by atoms with E-state index < -0.39 is 0 Å². The standard InChI is InChI=1S/C21H22N4O4/c1-13-5-7-15(8-6-13)22-18-9-10-19(25-24-18)23-21(26)14-11-16(27-2)20(29-4)17(12-14)28-3/h5-12H,1-4H3,(H,22,24)(H,23,25,26). The number of anilines is 3. The van der Waals surface area contributed by atoms with Crippen LogP contribution in [0.25, 0.3) is 0 Å². The predicted octanol–water partition coefficient (Wildman–Crippen LogP) is 3.81. The first kappa shape index (κ1) is 19.9. The van der Waals surface area contributed by atoms with E-state index in [1.54, 1.807) is 24.3 Å². The zero-order valence-electron chi connectivity index (χ0n) is 16.6. The minimum absolute atomic E-state index is 0.318. The second-order valence-corrected chi connectivity index (χ2v) is 6.16. The zero-order chi connectivity index (χ0) is 20.8. The Morgan fingerprint density at radius 3 is 1.93 bits per heavy atom. The molecular formula is C21H22N4O4. The van der Waals surface area contributed by atoms with Gasteiger partial charge in [-0.05, 0) is 43.3 Å². The van der Waals surface area contributed by atoms with Crippen molar-refractivity contribution in [1.29, 1.82) is 0 Å². The molecular weight excluding hydrogens is 372 g/mol. The summed E-state index contributed by atoms with van der Waals surface area (Å²) in [5.41, 5.74) is 2.41. The van der Waals surface area contributed by atoms with Crippen LogP contribution < -0.4 is 24.8 Å². The first-order valence-corrected chi connectivity index (χ1v) is 8.83. The first-order chi connectivity index (χ1) is 14.0. The normalized spacial score (nSPS) is 10.2. The molecule has 0 bridgehead atoms. The average molecular weight is 394 g/mol. The Balaban J connectivity index is 1.73. The molecule has 0 aliphatic rings. The Bertz CT molecular complexity index is 964. The van der Waals surface area contributed by atoms with Gasteiger partial charge in [0.05, 0.1) is 21.3 Å². The number of benzene rings is 2. The van der Waals surface area contributed by atoms with Gasteiger partial charge in [0.15, 0.2) is 23.1 Å². The highest BCUT2D eigenvalue weighted by Crippen LogP contribution is 2.38. The average Bonchev–Trinajstić information content (AvgIpc) is 2.75. The van der Waals surface area contributed by atoms with E-state index >= 15 is 0 Å². The van der Waals surface area contributed by atoms with Crippen molar-refractivity contribution in [2.45, 2.75) is 6.92 Å². The molecule has 3 rings (SSSR count). The van der Waals surface area contributed by atoms with Crippen LogP contribution in [0.2, 0.25) is 0 Å². The van der Waals surface area contributed by atoms with Crippen molar-refractivity contribution in [1.82, 2.24) is 10.2 Å². The van der Waals surface area contributed by atoms with E-state index in [9.17, 15) is 4.79 Å². The summed E-state index contributed by atoms with van der Waals surface area (Å²) < 4.78 is 15.8. The van der Waals surface area contributed by atoms with Gasteiger partial charge < -0.3 is 24.8 Å². The van der Waals surface area contributed by atoms with E-state index in [2.05, 4.69) is 20.8 Å². The van der Waals surface area contributed by atoms with Gasteiger partial charge >= 0.3 is 0 Å². The maximum atomic E-state index is 12.6. The number of ether oxygens (including phenoxy) is 3. The van der Waals surface area contributed by atoms with Crippen molar-refractivity contribution in [2.75, 3.05) is 32.0 Å². The summed E-state index contributed by atoms with van der Waals surface area (Å²) >= 11 is 0. The Morgan fingerprint density at radius 1 is 0.828 bits per heavy atom. The van der Waals surface area contributed by atoms with E-state index in [1.165, 1.54) is 26.9 Å². The summed E-state index contributed by atoms with van der Waals surface area (Å²) in [6, 6.07) is 14.4. The molecule has 1 heterocycles. The van der Waals surface area contributed by atoms with E-state index in [1.807, 2.05) is 31.2 Å². The molecule has 0 atom stereocenters. The van der Waals surface area contributed by atoms with Crippen molar-refractivity contribution in [2.24, 2.45) is 0 Å². The van der Waals surface area contributed by atoms with Crippen molar-refractivity contribution in [3.63, 3.8) is 0 Å². The van der Waals surface area contributed by atoms with Crippen LogP contribution in [0.5, 0.6) is 17.2 Å². The van der Waals surface area contributed by atoms with Crippen LogP contribution in [-0.4, -0.2) is 37.4 Å². The third-order valence-electron chi connectivity index (χ3n) is 4.16. The Hall–Kier alpha value is -3.81.